The fraction of sp³-hybridized carbons (Fsp3) is 1.00. The van der Waals surface area contributed by atoms with Crippen LogP contribution in [0.2, 0.25) is 0 Å². The molecule has 2 nitrogen and oxygen atoms in total. The maximum Gasteiger partial charge on any atom is 0.0317 e. The van der Waals surface area contributed by atoms with Gasteiger partial charge in [0.15, 0.2) is 0 Å². The van der Waals surface area contributed by atoms with Gasteiger partial charge in [0, 0.05) is 19.1 Å². The first-order valence-corrected chi connectivity index (χ1v) is 2.87. The van der Waals surface area contributed by atoms with E-state index in [1.807, 2.05) is 0 Å². The van der Waals surface area contributed by atoms with E-state index in [0.717, 1.165) is 25.7 Å². The van der Waals surface area contributed by atoms with Gasteiger partial charge < -0.3 is 10.6 Å². The highest BCUT2D eigenvalue weighted by atomic mass is 15.1. The second-order valence-corrected chi connectivity index (χ2v) is 1.91. The van der Waals surface area contributed by atoms with E-state index in [9.17, 15) is 0 Å². The maximum absolute atomic E-state index is 3.32. The molecule has 2 heteroatoms. The fourth-order valence-corrected chi connectivity index (χ4v) is 0.722. The van der Waals surface area contributed by atoms with Gasteiger partial charge in [-0.05, 0) is 6.54 Å². The average molecular weight is 100 g/mol. The molecule has 7 heavy (non-hydrogen) atoms. The normalized spacial score (nSPS) is 21.9. The molecule has 1 fully saturated rings. The summed E-state index contributed by atoms with van der Waals surface area (Å²) < 4.78 is 0. The Hall–Kier alpha value is -0.0800. The number of hydrogen-bond donors (Lipinski definition) is 2. The molecule has 0 aromatic rings. The Bertz CT molecular complexity index is 50.0. The lowest BCUT2D eigenvalue weighted by molar-refractivity contribution is 0.374. The van der Waals surface area contributed by atoms with Gasteiger partial charge in [-0.1, -0.05) is 6.92 Å². The van der Waals surface area contributed by atoms with E-state index in [4.69, 9.17) is 0 Å². The third-order valence-corrected chi connectivity index (χ3v) is 1.27. The van der Waals surface area contributed by atoms with Crippen molar-refractivity contribution in [3.63, 3.8) is 0 Å². The van der Waals surface area contributed by atoms with Crippen molar-refractivity contribution in [2.24, 2.45) is 0 Å². The molecule has 0 aromatic heterocycles. The van der Waals surface area contributed by atoms with Gasteiger partial charge in [-0.15, -0.1) is 0 Å². The summed E-state index contributed by atoms with van der Waals surface area (Å²) in [4.78, 5) is 0. The van der Waals surface area contributed by atoms with Crippen molar-refractivity contribution in [3.8, 4) is 0 Å². The minimum Gasteiger partial charge on any atom is -0.314 e. The summed E-state index contributed by atoms with van der Waals surface area (Å²) in [6.45, 7) is 5.56. The van der Waals surface area contributed by atoms with Gasteiger partial charge in [0.25, 0.3) is 0 Å². The Kier molecular flexibility index (Phi) is 1.65. The van der Waals surface area contributed by atoms with Crippen LogP contribution in [0, 0.1) is 0 Å². The van der Waals surface area contributed by atoms with Gasteiger partial charge >= 0.3 is 0 Å². The SMILES string of the molecule is CCNC1CNC1. The predicted octanol–water partition coefficient (Wildman–Crippen LogP) is -0.432. The largest absolute Gasteiger partial charge is 0.314 e. The summed E-state index contributed by atoms with van der Waals surface area (Å²) in [5, 5.41) is 6.50. The summed E-state index contributed by atoms with van der Waals surface area (Å²) >= 11 is 0. The van der Waals surface area contributed by atoms with Gasteiger partial charge in [-0.3, -0.25) is 0 Å². The molecule has 0 unspecified atom stereocenters. The van der Waals surface area contributed by atoms with Crippen LogP contribution in [0.15, 0.2) is 0 Å². The summed E-state index contributed by atoms with van der Waals surface area (Å²) in [5.41, 5.74) is 0. The maximum atomic E-state index is 3.32. The van der Waals surface area contributed by atoms with Crippen LogP contribution in [0.4, 0.5) is 0 Å². The summed E-state index contributed by atoms with van der Waals surface area (Å²) in [7, 11) is 0. The first-order valence-electron chi connectivity index (χ1n) is 2.87. The molecule has 0 aromatic carbocycles. The average Bonchev–Trinajstić information content (AvgIpc) is 1.55. The van der Waals surface area contributed by atoms with E-state index in [0.29, 0.717) is 0 Å². The fourth-order valence-electron chi connectivity index (χ4n) is 0.722. The third kappa shape index (κ3) is 1.14. The standard InChI is InChI=1S/C5H12N2/c1-2-7-5-3-6-4-5/h5-7H,2-4H2,1H3. The number of nitrogens with one attached hydrogen (secondary N) is 2. The summed E-state index contributed by atoms with van der Waals surface area (Å²) in [5.74, 6) is 0. The molecule has 0 atom stereocenters. The summed E-state index contributed by atoms with van der Waals surface area (Å²) in [6.07, 6.45) is 0. The van der Waals surface area contributed by atoms with Crippen LogP contribution in [-0.4, -0.2) is 25.7 Å². The Morgan fingerprint density at radius 3 is 2.57 bits per heavy atom. The molecule has 2 N–H and O–H groups in total. The Morgan fingerprint density at radius 1 is 1.71 bits per heavy atom. The predicted molar refractivity (Wildman–Crippen MR) is 30.3 cm³/mol. The Balaban J connectivity index is 1.93. The molecule has 1 saturated heterocycles. The van der Waals surface area contributed by atoms with Crippen molar-refractivity contribution in [2.45, 2.75) is 13.0 Å². The van der Waals surface area contributed by atoms with Gasteiger partial charge in [0.1, 0.15) is 0 Å². The van der Waals surface area contributed by atoms with Crippen LogP contribution >= 0.6 is 0 Å². The topological polar surface area (TPSA) is 24.1 Å². The zero-order valence-corrected chi connectivity index (χ0v) is 4.70. The van der Waals surface area contributed by atoms with Crippen molar-refractivity contribution >= 4 is 0 Å². The Morgan fingerprint density at radius 2 is 2.43 bits per heavy atom. The van der Waals surface area contributed by atoms with Crippen molar-refractivity contribution in [2.75, 3.05) is 19.6 Å². The lowest BCUT2D eigenvalue weighted by Gasteiger charge is -2.27. The molecular weight excluding hydrogens is 88.1 g/mol. The molecule has 1 rings (SSSR count). The van der Waals surface area contributed by atoms with E-state index in [1.54, 1.807) is 0 Å². The first kappa shape index (κ1) is 5.06. The number of rotatable bonds is 2. The second kappa shape index (κ2) is 2.28. The molecule has 1 heterocycles. The van der Waals surface area contributed by atoms with E-state index < -0.39 is 0 Å². The molecule has 1 aliphatic heterocycles. The smallest absolute Gasteiger partial charge is 0.0317 e. The molecule has 0 radical (unpaired) electrons. The van der Waals surface area contributed by atoms with Crippen molar-refractivity contribution in [1.82, 2.24) is 10.6 Å². The van der Waals surface area contributed by atoms with Crippen LogP contribution in [-0.2, 0) is 0 Å². The van der Waals surface area contributed by atoms with Gasteiger partial charge in [-0.2, -0.15) is 0 Å². The van der Waals surface area contributed by atoms with E-state index >= 15 is 0 Å². The van der Waals surface area contributed by atoms with E-state index in [2.05, 4.69) is 17.6 Å². The monoisotopic (exact) mass is 100 g/mol. The molecule has 0 bridgehead atoms. The highest BCUT2D eigenvalue weighted by Crippen LogP contribution is 1.87. The lowest BCUT2D eigenvalue weighted by atomic mass is 10.2. The minimum absolute atomic E-state index is 0.769. The molecular formula is C5H12N2. The molecule has 1 aliphatic rings. The highest BCUT2D eigenvalue weighted by molar-refractivity contribution is 4.80. The zero-order chi connectivity index (χ0) is 5.11. The van der Waals surface area contributed by atoms with Crippen LogP contribution < -0.4 is 10.6 Å². The van der Waals surface area contributed by atoms with Crippen LogP contribution in [0.3, 0.4) is 0 Å². The molecule has 0 spiro atoms. The van der Waals surface area contributed by atoms with Gasteiger partial charge in [0.05, 0.1) is 0 Å². The zero-order valence-electron chi connectivity index (χ0n) is 4.70. The van der Waals surface area contributed by atoms with Crippen molar-refractivity contribution in [1.29, 1.82) is 0 Å². The molecule has 0 aliphatic carbocycles. The number of likely N-dealkylation sites (N-methyl/N-ethyl adjacent to an activating group) is 1. The minimum atomic E-state index is 0.769. The molecule has 0 saturated carbocycles. The Labute approximate surface area is 44.3 Å². The second-order valence-electron chi connectivity index (χ2n) is 1.91. The third-order valence-electron chi connectivity index (χ3n) is 1.27. The molecule has 0 amide bonds. The van der Waals surface area contributed by atoms with Crippen molar-refractivity contribution in [3.05, 3.63) is 0 Å². The first-order chi connectivity index (χ1) is 3.43. The van der Waals surface area contributed by atoms with Crippen molar-refractivity contribution < 1.29 is 0 Å². The molecule has 42 valence electrons. The van der Waals surface area contributed by atoms with Crippen LogP contribution in [0.1, 0.15) is 6.92 Å². The van der Waals surface area contributed by atoms with E-state index in [-0.39, 0.29) is 0 Å². The van der Waals surface area contributed by atoms with Crippen LogP contribution in [0.25, 0.3) is 0 Å². The van der Waals surface area contributed by atoms with Gasteiger partial charge in [0.2, 0.25) is 0 Å². The highest BCUT2D eigenvalue weighted by Gasteiger charge is 2.13. The van der Waals surface area contributed by atoms with Gasteiger partial charge in [-0.25, -0.2) is 0 Å². The lowest BCUT2D eigenvalue weighted by Crippen LogP contribution is -2.55. The number of hydrogen-bond acceptors (Lipinski definition) is 2. The summed E-state index contributed by atoms with van der Waals surface area (Å²) in [6, 6.07) is 0.769. The van der Waals surface area contributed by atoms with Crippen LogP contribution in [0.5, 0.6) is 0 Å². The van der Waals surface area contributed by atoms with E-state index in [1.165, 1.54) is 0 Å². The quantitative estimate of drug-likeness (QED) is 0.492.